The highest BCUT2D eigenvalue weighted by molar-refractivity contribution is 5.99. The van der Waals surface area contributed by atoms with Crippen molar-refractivity contribution in [2.24, 2.45) is 0 Å². The molecule has 2 N–H and O–H groups in total. The van der Waals surface area contributed by atoms with Crippen LogP contribution >= 0.6 is 0 Å². The Labute approximate surface area is 167 Å². The summed E-state index contributed by atoms with van der Waals surface area (Å²) in [5.41, 5.74) is 0.997. The summed E-state index contributed by atoms with van der Waals surface area (Å²) >= 11 is 0. The Morgan fingerprint density at radius 3 is 2.38 bits per heavy atom. The summed E-state index contributed by atoms with van der Waals surface area (Å²) in [6, 6.07) is 21.3. The molecule has 4 rings (SSSR count). The molecule has 0 fully saturated rings. The van der Waals surface area contributed by atoms with Gasteiger partial charge in [0.05, 0.1) is 6.54 Å². The minimum atomic E-state index is -0.370. The molecule has 0 bridgehead atoms. The quantitative estimate of drug-likeness (QED) is 0.672. The molecule has 146 valence electrons. The van der Waals surface area contributed by atoms with E-state index in [2.05, 4.69) is 10.6 Å². The van der Waals surface area contributed by atoms with E-state index in [1.54, 1.807) is 42.5 Å². The lowest BCUT2D eigenvalue weighted by Gasteiger charge is -2.09. The fourth-order valence-electron chi connectivity index (χ4n) is 2.74. The summed E-state index contributed by atoms with van der Waals surface area (Å²) < 4.78 is 16.2. The van der Waals surface area contributed by atoms with Gasteiger partial charge in [0.15, 0.2) is 11.5 Å². The van der Waals surface area contributed by atoms with E-state index in [0.717, 1.165) is 5.75 Å². The van der Waals surface area contributed by atoms with Crippen LogP contribution in [0, 0.1) is 0 Å². The highest BCUT2D eigenvalue weighted by Gasteiger charge is 2.16. The lowest BCUT2D eigenvalue weighted by molar-refractivity contribution is -0.115. The summed E-state index contributed by atoms with van der Waals surface area (Å²) in [4.78, 5) is 24.3. The van der Waals surface area contributed by atoms with E-state index < -0.39 is 0 Å². The Morgan fingerprint density at radius 1 is 0.862 bits per heavy atom. The minimum absolute atomic E-state index is 0.137. The predicted octanol–water partition coefficient (Wildman–Crippen LogP) is 3.58. The molecule has 1 aliphatic rings. The zero-order chi connectivity index (χ0) is 20.1. The first kappa shape index (κ1) is 18.4. The third kappa shape index (κ3) is 4.65. The summed E-state index contributed by atoms with van der Waals surface area (Å²) in [5, 5.41) is 5.31. The molecule has 0 unspecified atom stereocenters. The Morgan fingerprint density at radius 2 is 1.59 bits per heavy atom. The molecule has 0 spiro atoms. The molecule has 2 amide bonds. The average molecular weight is 390 g/mol. The Kier molecular flexibility index (Phi) is 5.29. The van der Waals surface area contributed by atoms with Crippen molar-refractivity contribution < 1.29 is 23.8 Å². The maximum absolute atomic E-state index is 12.2. The molecule has 0 saturated carbocycles. The van der Waals surface area contributed by atoms with Crippen molar-refractivity contribution in [3.63, 3.8) is 0 Å². The normalized spacial score (nSPS) is 11.6. The van der Waals surface area contributed by atoms with Crippen LogP contribution in [0.1, 0.15) is 10.4 Å². The number of para-hydroxylation sites is 1. The monoisotopic (exact) mass is 390 g/mol. The number of fused-ring (bicyclic) bond motifs is 1. The lowest BCUT2D eigenvalue weighted by atomic mass is 10.2. The molecular formula is C22H18N2O5. The van der Waals surface area contributed by atoms with E-state index in [9.17, 15) is 9.59 Å². The van der Waals surface area contributed by atoms with Gasteiger partial charge in [-0.15, -0.1) is 0 Å². The number of anilines is 1. The second-order valence-corrected chi connectivity index (χ2v) is 6.24. The zero-order valence-electron chi connectivity index (χ0n) is 15.4. The van der Waals surface area contributed by atoms with Crippen LogP contribution in [0.4, 0.5) is 5.69 Å². The van der Waals surface area contributed by atoms with Gasteiger partial charge in [0, 0.05) is 11.3 Å². The largest absolute Gasteiger partial charge is 0.457 e. The van der Waals surface area contributed by atoms with Crippen LogP contribution < -0.4 is 24.8 Å². The van der Waals surface area contributed by atoms with E-state index in [1.165, 1.54) is 0 Å². The van der Waals surface area contributed by atoms with Gasteiger partial charge in [-0.1, -0.05) is 18.2 Å². The first-order valence-corrected chi connectivity index (χ1v) is 8.98. The molecule has 3 aromatic carbocycles. The topological polar surface area (TPSA) is 85.9 Å². The molecule has 1 aliphatic heterocycles. The number of rotatable bonds is 6. The van der Waals surface area contributed by atoms with Crippen molar-refractivity contribution in [2.75, 3.05) is 18.7 Å². The molecule has 3 aromatic rings. The number of benzene rings is 3. The first-order chi connectivity index (χ1) is 14.2. The summed E-state index contributed by atoms with van der Waals surface area (Å²) in [6.07, 6.45) is 0. The Balaban J connectivity index is 1.27. The third-order valence-electron chi connectivity index (χ3n) is 4.16. The van der Waals surface area contributed by atoms with Gasteiger partial charge in [0.1, 0.15) is 11.5 Å². The third-order valence-corrected chi connectivity index (χ3v) is 4.16. The number of amides is 2. The van der Waals surface area contributed by atoms with Crippen LogP contribution in [-0.2, 0) is 4.79 Å². The van der Waals surface area contributed by atoms with Gasteiger partial charge in [0.2, 0.25) is 12.7 Å². The van der Waals surface area contributed by atoms with E-state index in [0.29, 0.717) is 28.5 Å². The Hall–Kier alpha value is -4.00. The SMILES string of the molecule is O=C(CNC(=O)c1ccc2c(c1)OCO2)Nc1ccc(Oc2ccccc2)cc1. The summed E-state index contributed by atoms with van der Waals surface area (Å²) in [5.74, 6) is 1.79. The lowest BCUT2D eigenvalue weighted by Crippen LogP contribution is -2.32. The van der Waals surface area contributed by atoms with Gasteiger partial charge < -0.3 is 24.8 Å². The number of carbonyl (C=O) groups is 2. The maximum Gasteiger partial charge on any atom is 0.251 e. The molecule has 7 heteroatoms. The molecule has 0 atom stereocenters. The van der Waals surface area contributed by atoms with E-state index in [4.69, 9.17) is 14.2 Å². The summed E-state index contributed by atoms with van der Waals surface area (Å²) in [6.45, 7) is -0.0203. The van der Waals surface area contributed by atoms with Crippen LogP contribution in [0.3, 0.4) is 0 Å². The smallest absolute Gasteiger partial charge is 0.251 e. The van der Waals surface area contributed by atoms with Crippen LogP contribution in [0.15, 0.2) is 72.8 Å². The maximum atomic E-state index is 12.2. The van der Waals surface area contributed by atoms with Gasteiger partial charge >= 0.3 is 0 Å². The van der Waals surface area contributed by atoms with Crippen molar-refractivity contribution in [3.05, 3.63) is 78.4 Å². The van der Waals surface area contributed by atoms with Crippen LogP contribution in [0.25, 0.3) is 0 Å². The molecule has 0 aromatic heterocycles. The zero-order valence-corrected chi connectivity index (χ0v) is 15.4. The predicted molar refractivity (Wildman–Crippen MR) is 106 cm³/mol. The molecule has 0 aliphatic carbocycles. The molecule has 0 saturated heterocycles. The number of hydrogen-bond donors (Lipinski definition) is 2. The van der Waals surface area contributed by atoms with Crippen molar-refractivity contribution >= 4 is 17.5 Å². The van der Waals surface area contributed by atoms with E-state index in [1.807, 2.05) is 30.3 Å². The van der Waals surface area contributed by atoms with E-state index in [-0.39, 0.29) is 25.2 Å². The molecule has 1 heterocycles. The second-order valence-electron chi connectivity index (χ2n) is 6.24. The van der Waals surface area contributed by atoms with E-state index >= 15 is 0 Å². The Bertz CT molecular complexity index is 1020. The van der Waals surface area contributed by atoms with Crippen LogP contribution in [-0.4, -0.2) is 25.2 Å². The van der Waals surface area contributed by atoms with Gasteiger partial charge in [-0.2, -0.15) is 0 Å². The highest BCUT2D eigenvalue weighted by Crippen LogP contribution is 2.32. The second kappa shape index (κ2) is 8.35. The summed E-state index contributed by atoms with van der Waals surface area (Å²) in [7, 11) is 0. The number of hydrogen-bond acceptors (Lipinski definition) is 5. The fraction of sp³-hybridized carbons (Fsp3) is 0.0909. The number of ether oxygens (including phenoxy) is 3. The van der Waals surface area contributed by atoms with Gasteiger partial charge in [-0.05, 0) is 54.6 Å². The van der Waals surface area contributed by atoms with Crippen molar-refractivity contribution in [1.82, 2.24) is 5.32 Å². The number of nitrogens with one attached hydrogen (secondary N) is 2. The first-order valence-electron chi connectivity index (χ1n) is 8.98. The highest BCUT2D eigenvalue weighted by atomic mass is 16.7. The standard InChI is InChI=1S/C22H18N2O5/c25-21(13-23-22(26)15-6-11-19-20(12-15)28-14-27-19)24-16-7-9-18(10-8-16)29-17-4-2-1-3-5-17/h1-12H,13-14H2,(H,23,26)(H,24,25). The molecular weight excluding hydrogens is 372 g/mol. The molecule has 7 nitrogen and oxygen atoms in total. The van der Waals surface area contributed by atoms with Crippen molar-refractivity contribution in [3.8, 4) is 23.0 Å². The number of carbonyl (C=O) groups excluding carboxylic acids is 2. The van der Waals surface area contributed by atoms with Crippen molar-refractivity contribution in [2.45, 2.75) is 0 Å². The van der Waals surface area contributed by atoms with Crippen molar-refractivity contribution in [1.29, 1.82) is 0 Å². The van der Waals surface area contributed by atoms with Gasteiger partial charge in [-0.3, -0.25) is 9.59 Å². The minimum Gasteiger partial charge on any atom is -0.457 e. The van der Waals surface area contributed by atoms with Gasteiger partial charge in [0.25, 0.3) is 5.91 Å². The van der Waals surface area contributed by atoms with Crippen LogP contribution in [0.2, 0.25) is 0 Å². The van der Waals surface area contributed by atoms with Crippen LogP contribution in [0.5, 0.6) is 23.0 Å². The fourth-order valence-corrected chi connectivity index (χ4v) is 2.74. The molecule has 0 radical (unpaired) electrons. The average Bonchev–Trinajstić information content (AvgIpc) is 3.22. The molecule has 29 heavy (non-hydrogen) atoms. The van der Waals surface area contributed by atoms with Gasteiger partial charge in [-0.25, -0.2) is 0 Å².